The molecular weight excluding hydrogens is 238 g/mol. The molecular formula is C16H27NS. The Morgan fingerprint density at radius 2 is 1.78 bits per heavy atom. The molecule has 0 aliphatic carbocycles. The summed E-state index contributed by atoms with van der Waals surface area (Å²) in [6.07, 6.45) is 3.40. The van der Waals surface area contributed by atoms with Crippen molar-refractivity contribution >= 4 is 11.8 Å². The highest BCUT2D eigenvalue weighted by Crippen LogP contribution is 2.22. The van der Waals surface area contributed by atoms with E-state index in [2.05, 4.69) is 63.5 Å². The average Bonchev–Trinajstić information content (AvgIpc) is 2.33. The van der Waals surface area contributed by atoms with Crippen LogP contribution in [0, 0.1) is 0 Å². The summed E-state index contributed by atoms with van der Waals surface area (Å²) in [6.45, 7) is 10.00. The van der Waals surface area contributed by atoms with Gasteiger partial charge >= 0.3 is 0 Å². The van der Waals surface area contributed by atoms with E-state index in [1.807, 2.05) is 11.8 Å². The predicted octanol–water partition coefficient (Wildman–Crippen LogP) is 4.22. The molecule has 0 aromatic heterocycles. The third kappa shape index (κ3) is 5.45. The van der Waals surface area contributed by atoms with Crippen LogP contribution in [0.3, 0.4) is 0 Å². The third-order valence-electron chi connectivity index (χ3n) is 3.23. The van der Waals surface area contributed by atoms with E-state index >= 15 is 0 Å². The first-order valence-corrected chi connectivity index (χ1v) is 8.14. The zero-order chi connectivity index (χ0) is 13.6. The van der Waals surface area contributed by atoms with Crippen LogP contribution in [-0.2, 0) is 12.0 Å². The van der Waals surface area contributed by atoms with Crippen LogP contribution < -0.4 is 5.32 Å². The van der Waals surface area contributed by atoms with Crippen LogP contribution in [0.15, 0.2) is 24.3 Å². The van der Waals surface area contributed by atoms with Gasteiger partial charge in [-0.3, -0.25) is 0 Å². The Bertz CT molecular complexity index is 337. The van der Waals surface area contributed by atoms with Crippen molar-refractivity contribution in [3.05, 3.63) is 35.4 Å². The molecule has 0 aliphatic rings. The number of thioether (sulfide) groups is 1. The Hall–Kier alpha value is -0.470. The molecule has 1 aromatic carbocycles. The van der Waals surface area contributed by atoms with Crippen LogP contribution >= 0.6 is 11.8 Å². The maximum atomic E-state index is 3.58. The summed E-state index contributed by atoms with van der Waals surface area (Å²) in [5.74, 6) is 1.23. The zero-order valence-electron chi connectivity index (χ0n) is 12.4. The molecule has 1 unspecified atom stereocenters. The third-order valence-corrected chi connectivity index (χ3v) is 3.87. The number of benzene rings is 1. The van der Waals surface area contributed by atoms with E-state index in [0.717, 1.165) is 6.54 Å². The summed E-state index contributed by atoms with van der Waals surface area (Å²) >= 11 is 1.92. The largest absolute Gasteiger partial charge is 0.310 e. The first-order valence-electron chi connectivity index (χ1n) is 6.75. The highest BCUT2D eigenvalue weighted by molar-refractivity contribution is 7.98. The van der Waals surface area contributed by atoms with E-state index in [1.165, 1.54) is 23.3 Å². The Morgan fingerprint density at radius 3 is 2.28 bits per heavy atom. The number of hydrogen-bond donors (Lipinski definition) is 1. The van der Waals surface area contributed by atoms with Crippen LogP contribution in [0.5, 0.6) is 0 Å². The summed E-state index contributed by atoms with van der Waals surface area (Å²) in [6, 6.07) is 9.59. The second-order valence-electron chi connectivity index (χ2n) is 6.01. The summed E-state index contributed by atoms with van der Waals surface area (Å²) < 4.78 is 0. The van der Waals surface area contributed by atoms with Gasteiger partial charge in [0.2, 0.25) is 0 Å². The molecule has 0 amide bonds. The minimum absolute atomic E-state index is 0.248. The molecule has 18 heavy (non-hydrogen) atoms. The van der Waals surface area contributed by atoms with Crippen molar-refractivity contribution in [2.75, 3.05) is 12.0 Å². The molecule has 2 heteroatoms. The molecule has 0 saturated heterocycles. The van der Waals surface area contributed by atoms with Gasteiger partial charge in [-0.05, 0) is 41.9 Å². The van der Waals surface area contributed by atoms with Gasteiger partial charge in [0.05, 0.1) is 0 Å². The van der Waals surface area contributed by atoms with Gasteiger partial charge < -0.3 is 5.32 Å². The molecule has 0 spiro atoms. The monoisotopic (exact) mass is 265 g/mol. The summed E-state index contributed by atoms with van der Waals surface area (Å²) in [7, 11) is 0. The molecule has 0 radical (unpaired) electrons. The van der Waals surface area contributed by atoms with Gasteiger partial charge in [0, 0.05) is 12.6 Å². The molecule has 1 atom stereocenters. The van der Waals surface area contributed by atoms with Gasteiger partial charge in [-0.1, -0.05) is 45.0 Å². The highest BCUT2D eigenvalue weighted by Gasteiger charge is 2.12. The van der Waals surface area contributed by atoms with Gasteiger partial charge in [0.25, 0.3) is 0 Å². The van der Waals surface area contributed by atoms with Crippen LogP contribution in [0.2, 0.25) is 0 Å². The van der Waals surface area contributed by atoms with Crippen molar-refractivity contribution in [2.45, 2.75) is 52.1 Å². The van der Waals surface area contributed by atoms with Crippen LogP contribution in [0.4, 0.5) is 0 Å². The van der Waals surface area contributed by atoms with E-state index < -0.39 is 0 Å². The molecule has 0 saturated carbocycles. The van der Waals surface area contributed by atoms with Crippen molar-refractivity contribution in [3.8, 4) is 0 Å². The Morgan fingerprint density at radius 1 is 1.17 bits per heavy atom. The standard InChI is InChI=1S/C16H27NS/c1-13(10-11-18-5)17-12-14-6-8-15(9-7-14)16(2,3)4/h6-9,13,17H,10-12H2,1-5H3. The fraction of sp³-hybridized carbons (Fsp3) is 0.625. The summed E-state index contributed by atoms with van der Waals surface area (Å²) in [5.41, 5.74) is 3.03. The average molecular weight is 265 g/mol. The lowest BCUT2D eigenvalue weighted by Gasteiger charge is -2.19. The highest BCUT2D eigenvalue weighted by atomic mass is 32.2. The Kier molecular flexibility index (Phi) is 6.24. The van der Waals surface area contributed by atoms with E-state index in [1.54, 1.807) is 0 Å². The number of nitrogens with one attached hydrogen (secondary N) is 1. The SMILES string of the molecule is CSCCC(C)NCc1ccc(C(C)(C)C)cc1. The molecule has 0 aliphatic heterocycles. The lowest BCUT2D eigenvalue weighted by molar-refractivity contribution is 0.537. The minimum atomic E-state index is 0.248. The van der Waals surface area contributed by atoms with Crippen LogP contribution in [-0.4, -0.2) is 18.1 Å². The topological polar surface area (TPSA) is 12.0 Å². The van der Waals surface area contributed by atoms with Gasteiger partial charge in [-0.15, -0.1) is 0 Å². The molecule has 0 fully saturated rings. The fourth-order valence-corrected chi connectivity index (χ4v) is 2.40. The quantitative estimate of drug-likeness (QED) is 0.826. The second kappa shape index (κ2) is 7.20. The molecule has 102 valence electrons. The number of rotatable bonds is 6. The van der Waals surface area contributed by atoms with Crippen molar-refractivity contribution in [1.82, 2.24) is 5.32 Å². The summed E-state index contributed by atoms with van der Waals surface area (Å²) in [5, 5.41) is 3.58. The van der Waals surface area contributed by atoms with Gasteiger partial charge in [-0.2, -0.15) is 11.8 Å². The van der Waals surface area contributed by atoms with Crippen molar-refractivity contribution in [1.29, 1.82) is 0 Å². The van der Waals surface area contributed by atoms with Crippen molar-refractivity contribution in [3.63, 3.8) is 0 Å². The smallest absolute Gasteiger partial charge is 0.0207 e. The number of hydrogen-bond acceptors (Lipinski definition) is 2. The molecule has 1 aromatic rings. The molecule has 1 rings (SSSR count). The minimum Gasteiger partial charge on any atom is -0.310 e. The summed E-state index contributed by atoms with van der Waals surface area (Å²) in [4.78, 5) is 0. The molecule has 1 N–H and O–H groups in total. The first-order chi connectivity index (χ1) is 8.43. The predicted molar refractivity (Wildman–Crippen MR) is 84.4 cm³/mol. The molecule has 1 nitrogen and oxygen atoms in total. The molecule has 0 bridgehead atoms. The fourth-order valence-electron chi connectivity index (χ4n) is 1.81. The second-order valence-corrected chi connectivity index (χ2v) is 7.00. The van der Waals surface area contributed by atoms with E-state index in [9.17, 15) is 0 Å². The maximum Gasteiger partial charge on any atom is 0.0207 e. The van der Waals surface area contributed by atoms with Crippen LogP contribution in [0.1, 0.15) is 45.2 Å². The van der Waals surface area contributed by atoms with Crippen LogP contribution in [0.25, 0.3) is 0 Å². The zero-order valence-corrected chi connectivity index (χ0v) is 13.2. The first kappa shape index (κ1) is 15.6. The Balaban J connectivity index is 2.44. The van der Waals surface area contributed by atoms with Crippen molar-refractivity contribution < 1.29 is 0 Å². The van der Waals surface area contributed by atoms with Gasteiger partial charge in [0.1, 0.15) is 0 Å². The van der Waals surface area contributed by atoms with Gasteiger partial charge in [-0.25, -0.2) is 0 Å². The normalized spacial score (nSPS) is 13.6. The lowest BCUT2D eigenvalue weighted by atomic mass is 9.87. The lowest BCUT2D eigenvalue weighted by Crippen LogP contribution is -2.26. The van der Waals surface area contributed by atoms with E-state index in [0.29, 0.717) is 6.04 Å². The van der Waals surface area contributed by atoms with Gasteiger partial charge in [0.15, 0.2) is 0 Å². The molecule has 0 heterocycles. The Labute approximate surface area is 117 Å². The van der Waals surface area contributed by atoms with E-state index in [4.69, 9.17) is 0 Å². The van der Waals surface area contributed by atoms with E-state index in [-0.39, 0.29) is 5.41 Å². The van der Waals surface area contributed by atoms with Crippen molar-refractivity contribution in [2.24, 2.45) is 0 Å². The maximum absolute atomic E-state index is 3.58.